The van der Waals surface area contributed by atoms with E-state index in [1.807, 2.05) is 0 Å². The van der Waals surface area contributed by atoms with Crippen LogP contribution in [0, 0.1) is 0 Å². The van der Waals surface area contributed by atoms with Gasteiger partial charge in [-0.1, -0.05) is 15.9 Å². The molecule has 2 heterocycles. The Labute approximate surface area is 213 Å². The first-order valence-corrected chi connectivity index (χ1v) is 11.8. The fraction of sp³-hybridized carbons (Fsp3) is 0.125. The first-order chi connectivity index (χ1) is 16.9. The van der Waals surface area contributed by atoms with Crippen LogP contribution in [0.4, 0.5) is 0 Å². The molecule has 2 aromatic carbocycles. The molecule has 3 aromatic rings. The zero-order valence-electron chi connectivity index (χ0n) is 18.6. The van der Waals surface area contributed by atoms with Crippen LogP contribution in [-0.2, 0) is 11.3 Å². The Kier molecular flexibility index (Phi) is 7.47. The maximum Gasteiger partial charge on any atom is 0.267 e. The molecule has 35 heavy (non-hydrogen) atoms. The number of carbonyl (C=O) groups excluding carboxylic acids is 1. The molecule has 0 spiro atoms. The van der Waals surface area contributed by atoms with Crippen molar-refractivity contribution in [2.24, 2.45) is 10.2 Å². The van der Waals surface area contributed by atoms with Gasteiger partial charge in [0.25, 0.3) is 5.91 Å². The standard InChI is InChI=1S/C24H20BrN3O6S/c1-32-19-8-14(9-20(33-2)22(19)30)10-21-23(31)28(13-17-4-3-7-34-17)24(35-21)27-26-12-15-11-16(25)5-6-18(15)29/h3-12,29-30H,13H2,1-2H3/b21-10-,26-12-,27-24+. The first-order valence-electron chi connectivity index (χ1n) is 10.2. The maximum absolute atomic E-state index is 13.3. The monoisotopic (exact) mass is 557 g/mol. The summed E-state index contributed by atoms with van der Waals surface area (Å²) in [6.07, 6.45) is 4.58. The third-order valence-corrected chi connectivity index (χ3v) is 6.40. The number of thioether (sulfide) groups is 1. The highest BCUT2D eigenvalue weighted by Crippen LogP contribution is 2.40. The predicted octanol–water partition coefficient (Wildman–Crippen LogP) is 4.98. The SMILES string of the molecule is COc1cc(/C=C2\S/C(=N/N=C\c3cc(Br)ccc3O)N(Cc3ccco3)C2=O)cc(OC)c1O. The fourth-order valence-electron chi connectivity index (χ4n) is 3.20. The number of furan rings is 1. The molecule has 1 amide bonds. The number of benzene rings is 2. The van der Waals surface area contributed by atoms with Crippen molar-refractivity contribution in [1.82, 2.24) is 4.90 Å². The Hall–Kier alpha value is -3.70. The Balaban J connectivity index is 1.68. The van der Waals surface area contributed by atoms with Gasteiger partial charge in [0, 0.05) is 10.0 Å². The Bertz CT molecular complexity index is 1310. The molecule has 0 atom stereocenters. The molecule has 0 saturated carbocycles. The van der Waals surface area contributed by atoms with Gasteiger partial charge in [0.15, 0.2) is 16.7 Å². The largest absolute Gasteiger partial charge is 0.507 e. The number of phenols is 2. The normalized spacial score (nSPS) is 16.1. The van der Waals surface area contributed by atoms with Crippen molar-refractivity contribution in [3.8, 4) is 23.0 Å². The van der Waals surface area contributed by atoms with E-state index >= 15 is 0 Å². The molecule has 0 aliphatic carbocycles. The molecule has 0 radical (unpaired) electrons. The van der Waals surface area contributed by atoms with Crippen molar-refractivity contribution >= 4 is 51.1 Å². The van der Waals surface area contributed by atoms with Crippen molar-refractivity contribution in [2.45, 2.75) is 6.54 Å². The van der Waals surface area contributed by atoms with Gasteiger partial charge < -0.3 is 24.1 Å². The van der Waals surface area contributed by atoms with Gasteiger partial charge in [0.05, 0.1) is 38.1 Å². The lowest BCUT2D eigenvalue weighted by atomic mass is 10.1. The summed E-state index contributed by atoms with van der Waals surface area (Å²) in [5.41, 5.74) is 1.06. The number of amidine groups is 1. The van der Waals surface area contributed by atoms with Crippen molar-refractivity contribution in [1.29, 1.82) is 0 Å². The number of carbonyl (C=O) groups is 1. The zero-order valence-corrected chi connectivity index (χ0v) is 21.0. The fourth-order valence-corrected chi connectivity index (χ4v) is 4.51. The third kappa shape index (κ3) is 5.52. The number of aromatic hydroxyl groups is 2. The number of hydrogen-bond donors (Lipinski definition) is 2. The van der Waals surface area contributed by atoms with Gasteiger partial charge in [-0.2, -0.15) is 5.10 Å². The first kappa shape index (κ1) is 24.4. The van der Waals surface area contributed by atoms with E-state index in [4.69, 9.17) is 13.9 Å². The van der Waals surface area contributed by atoms with Crippen LogP contribution in [0.5, 0.6) is 23.0 Å². The van der Waals surface area contributed by atoms with Crippen LogP contribution in [0.3, 0.4) is 0 Å². The molecule has 1 aromatic heterocycles. The van der Waals surface area contributed by atoms with Crippen LogP contribution in [0.2, 0.25) is 0 Å². The number of hydrogen-bond acceptors (Lipinski definition) is 9. The lowest BCUT2D eigenvalue weighted by Crippen LogP contribution is -2.28. The average molecular weight is 558 g/mol. The highest BCUT2D eigenvalue weighted by atomic mass is 79.9. The van der Waals surface area contributed by atoms with E-state index in [-0.39, 0.29) is 35.4 Å². The maximum atomic E-state index is 13.3. The number of methoxy groups -OCH3 is 2. The molecule has 9 nitrogen and oxygen atoms in total. The van der Waals surface area contributed by atoms with Crippen molar-refractivity contribution in [3.05, 3.63) is 75.0 Å². The van der Waals surface area contributed by atoms with E-state index in [0.717, 1.165) is 16.2 Å². The van der Waals surface area contributed by atoms with Gasteiger partial charge in [-0.15, -0.1) is 5.10 Å². The Morgan fingerprint density at radius 1 is 1.14 bits per heavy atom. The highest BCUT2D eigenvalue weighted by molar-refractivity contribution is 9.10. The van der Waals surface area contributed by atoms with Gasteiger partial charge in [0.2, 0.25) is 5.75 Å². The van der Waals surface area contributed by atoms with E-state index in [1.54, 1.807) is 42.5 Å². The van der Waals surface area contributed by atoms with Crippen molar-refractivity contribution < 1.29 is 28.9 Å². The zero-order chi connectivity index (χ0) is 24.9. The summed E-state index contributed by atoms with van der Waals surface area (Å²) in [7, 11) is 2.86. The van der Waals surface area contributed by atoms with Gasteiger partial charge >= 0.3 is 0 Å². The molecule has 4 rings (SSSR count). The third-order valence-electron chi connectivity index (χ3n) is 4.91. The molecule has 11 heteroatoms. The second-order valence-electron chi connectivity index (χ2n) is 7.19. The summed E-state index contributed by atoms with van der Waals surface area (Å²) in [5.74, 6) is 0.633. The minimum absolute atomic E-state index is 0.0514. The van der Waals surface area contributed by atoms with E-state index < -0.39 is 0 Å². The lowest BCUT2D eigenvalue weighted by molar-refractivity contribution is -0.122. The summed E-state index contributed by atoms with van der Waals surface area (Å²) in [5, 5.41) is 28.8. The lowest BCUT2D eigenvalue weighted by Gasteiger charge is -2.12. The summed E-state index contributed by atoms with van der Waals surface area (Å²) in [6, 6.07) is 11.6. The molecule has 1 fully saturated rings. The Morgan fingerprint density at radius 2 is 1.89 bits per heavy atom. The Morgan fingerprint density at radius 3 is 2.54 bits per heavy atom. The molecular weight excluding hydrogens is 538 g/mol. The molecule has 0 bridgehead atoms. The average Bonchev–Trinajstić information content (AvgIpc) is 3.46. The number of ether oxygens (including phenoxy) is 2. The molecule has 1 aliphatic rings. The van der Waals surface area contributed by atoms with Crippen LogP contribution in [0.1, 0.15) is 16.9 Å². The second kappa shape index (κ2) is 10.7. The van der Waals surface area contributed by atoms with Crippen molar-refractivity contribution in [2.75, 3.05) is 14.2 Å². The number of amides is 1. The number of nitrogens with zero attached hydrogens (tertiary/aromatic N) is 3. The smallest absolute Gasteiger partial charge is 0.267 e. The van der Waals surface area contributed by atoms with E-state index in [2.05, 4.69) is 26.1 Å². The van der Waals surface area contributed by atoms with Crippen LogP contribution in [-0.4, -0.2) is 46.6 Å². The summed E-state index contributed by atoms with van der Waals surface area (Å²) >= 11 is 4.49. The van der Waals surface area contributed by atoms with Gasteiger partial charge in [-0.25, -0.2) is 0 Å². The van der Waals surface area contributed by atoms with Crippen LogP contribution in [0.25, 0.3) is 6.08 Å². The van der Waals surface area contributed by atoms with Crippen LogP contribution in [0.15, 0.2) is 72.7 Å². The molecule has 1 aliphatic heterocycles. The summed E-state index contributed by atoms with van der Waals surface area (Å²) in [4.78, 5) is 15.1. The summed E-state index contributed by atoms with van der Waals surface area (Å²) < 4.78 is 16.6. The summed E-state index contributed by atoms with van der Waals surface area (Å²) in [6.45, 7) is 0.162. The van der Waals surface area contributed by atoms with Crippen LogP contribution >= 0.6 is 27.7 Å². The minimum atomic E-state index is -0.295. The quantitative estimate of drug-likeness (QED) is 0.239. The van der Waals surface area contributed by atoms with E-state index in [1.165, 1.54) is 37.7 Å². The van der Waals surface area contributed by atoms with E-state index in [9.17, 15) is 15.0 Å². The molecule has 1 saturated heterocycles. The topological polar surface area (TPSA) is 117 Å². The molecule has 0 unspecified atom stereocenters. The number of rotatable bonds is 7. The van der Waals surface area contributed by atoms with Crippen LogP contribution < -0.4 is 9.47 Å². The minimum Gasteiger partial charge on any atom is -0.507 e. The highest BCUT2D eigenvalue weighted by Gasteiger charge is 2.34. The van der Waals surface area contributed by atoms with Gasteiger partial charge in [0.1, 0.15) is 11.5 Å². The molecule has 2 N–H and O–H groups in total. The molecular formula is C24H20BrN3O6S. The van der Waals surface area contributed by atoms with E-state index in [0.29, 0.717) is 27.0 Å². The van der Waals surface area contributed by atoms with Gasteiger partial charge in [-0.05, 0) is 65.9 Å². The van der Waals surface area contributed by atoms with Crippen molar-refractivity contribution in [3.63, 3.8) is 0 Å². The van der Waals surface area contributed by atoms with Gasteiger partial charge in [-0.3, -0.25) is 9.69 Å². The predicted molar refractivity (Wildman–Crippen MR) is 137 cm³/mol. The number of phenolic OH excluding ortho intramolecular Hbond substituents is 2. The number of halogens is 1. The molecule has 180 valence electrons. The second-order valence-corrected chi connectivity index (χ2v) is 9.11.